The van der Waals surface area contributed by atoms with Gasteiger partial charge in [0.05, 0.1) is 18.2 Å². The van der Waals surface area contributed by atoms with Gasteiger partial charge in [0.25, 0.3) is 0 Å². The number of esters is 1. The van der Waals surface area contributed by atoms with E-state index in [9.17, 15) is 14.0 Å². The molecule has 0 bridgehead atoms. The second-order valence-corrected chi connectivity index (χ2v) is 4.28. The van der Waals surface area contributed by atoms with Gasteiger partial charge >= 0.3 is 5.97 Å². The Morgan fingerprint density at radius 1 is 1.43 bits per heavy atom. The van der Waals surface area contributed by atoms with Crippen molar-refractivity contribution in [3.8, 4) is 17.7 Å². The third kappa shape index (κ3) is 3.49. The number of carbonyl (C=O) groups excluding carboxylic acids is 2. The molecule has 0 atom stereocenters. The predicted molar refractivity (Wildman–Crippen MR) is 76.8 cm³/mol. The first-order chi connectivity index (χ1) is 11.1. The van der Waals surface area contributed by atoms with Crippen molar-refractivity contribution in [2.75, 3.05) is 6.61 Å². The lowest BCUT2D eigenvalue weighted by Gasteiger charge is -2.11. The molecule has 6 nitrogen and oxygen atoms in total. The van der Waals surface area contributed by atoms with E-state index in [0.717, 1.165) is 6.07 Å². The van der Waals surface area contributed by atoms with Crippen molar-refractivity contribution in [2.24, 2.45) is 0 Å². The summed E-state index contributed by atoms with van der Waals surface area (Å²) in [6.07, 6.45) is 1.71. The molecule has 0 saturated carbocycles. The molecule has 23 heavy (non-hydrogen) atoms. The first-order valence-electron chi connectivity index (χ1n) is 6.59. The third-order valence-corrected chi connectivity index (χ3v) is 2.82. The van der Waals surface area contributed by atoms with Crippen molar-refractivity contribution >= 4 is 12.3 Å². The molecule has 0 aliphatic carbocycles. The Kier molecular flexibility index (Phi) is 5.00. The van der Waals surface area contributed by atoms with Crippen LogP contribution in [0.1, 0.15) is 33.2 Å². The van der Waals surface area contributed by atoms with Crippen LogP contribution in [-0.4, -0.2) is 23.8 Å². The number of ether oxygens (including phenoxy) is 2. The fraction of sp³-hybridized carbons (Fsp3) is 0.125. The Morgan fingerprint density at radius 3 is 2.83 bits per heavy atom. The maximum absolute atomic E-state index is 13.9. The summed E-state index contributed by atoms with van der Waals surface area (Å²) in [7, 11) is 0. The normalized spacial score (nSPS) is 9.78. The van der Waals surface area contributed by atoms with Gasteiger partial charge in [-0.3, -0.25) is 4.79 Å². The number of rotatable bonds is 5. The van der Waals surface area contributed by atoms with E-state index in [-0.39, 0.29) is 34.9 Å². The van der Waals surface area contributed by atoms with Gasteiger partial charge < -0.3 is 9.47 Å². The topological polar surface area (TPSA) is 89.3 Å². The van der Waals surface area contributed by atoms with Crippen LogP contribution >= 0.6 is 0 Å². The van der Waals surface area contributed by atoms with E-state index in [1.165, 1.54) is 24.4 Å². The minimum Gasteiger partial charge on any atom is -0.462 e. The molecule has 7 heteroatoms. The van der Waals surface area contributed by atoms with Crippen LogP contribution in [0.4, 0.5) is 4.39 Å². The van der Waals surface area contributed by atoms with E-state index in [1.807, 2.05) is 0 Å². The number of halogens is 1. The number of pyridine rings is 1. The van der Waals surface area contributed by atoms with Gasteiger partial charge in [0.1, 0.15) is 5.56 Å². The standard InChI is InChI=1S/C16H11FN2O4/c1-2-22-16(21)14-11(9-20)5-6-19-15(14)23-13-4-3-10(8-18)7-12(13)17/h3-7,9H,2H2,1H3. The average Bonchev–Trinajstić information content (AvgIpc) is 2.56. The second-order valence-electron chi connectivity index (χ2n) is 4.28. The van der Waals surface area contributed by atoms with Crippen molar-refractivity contribution in [1.82, 2.24) is 4.98 Å². The van der Waals surface area contributed by atoms with Crippen LogP contribution in [0, 0.1) is 17.1 Å². The van der Waals surface area contributed by atoms with Crippen LogP contribution < -0.4 is 4.74 Å². The number of aromatic nitrogens is 1. The van der Waals surface area contributed by atoms with Gasteiger partial charge in [-0.05, 0) is 31.2 Å². The number of aldehydes is 1. The first kappa shape index (κ1) is 16.1. The lowest BCUT2D eigenvalue weighted by molar-refractivity contribution is 0.0520. The lowest BCUT2D eigenvalue weighted by atomic mass is 10.1. The van der Waals surface area contributed by atoms with Crippen molar-refractivity contribution in [1.29, 1.82) is 5.26 Å². The fourth-order valence-electron chi connectivity index (χ4n) is 1.80. The highest BCUT2D eigenvalue weighted by molar-refractivity contribution is 6.00. The second kappa shape index (κ2) is 7.13. The van der Waals surface area contributed by atoms with E-state index in [1.54, 1.807) is 13.0 Å². The van der Waals surface area contributed by atoms with E-state index >= 15 is 0 Å². The quantitative estimate of drug-likeness (QED) is 0.622. The zero-order valence-corrected chi connectivity index (χ0v) is 12.1. The lowest BCUT2D eigenvalue weighted by Crippen LogP contribution is -2.11. The van der Waals surface area contributed by atoms with Crippen LogP contribution in [0.3, 0.4) is 0 Å². The number of benzene rings is 1. The van der Waals surface area contributed by atoms with Gasteiger partial charge in [-0.1, -0.05) is 0 Å². The van der Waals surface area contributed by atoms with Crippen molar-refractivity contribution in [2.45, 2.75) is 6.92 Å². The Bertz CT molecular complexity index is 799. The smallest absolute Gasteiger partial charge is 0.344 e. The van der Waals surface area contributed by atoms with Crippen LogP contribution in [0.2, 0.25) is 0 Å². The molecule has 0 spiro atoms. The summed E-state index contributed by atoms with van der Waals surface area (Å²) in [5.74, 6) is -2.08. The highest BCUT2D eigenvalue weighted by Crippen LogP contribution is 2.28. The summed E-state index contributed by atoms with van der Waals surface area (Å²) in [5, 5.41) is 8.72. The first-order valence-corrected chi connectivity index (χ1v) is 6.59. The Labute approximate surface area is 131 Å². The summed E-state index contributed by atoms with van der Waals surface area (Å²) in [5.41, 5.74) is -0.0503. The zero-order chi connectivity index (χ0) is 16.8. The number of nitriles is 1. The minimum atomic E-state index is -0.799. The van der Waals surface area contributed by atoms with Gasteiger partial charge in [0, 0.05) is 11.8 Å². The van der Waals surface area contributed by atoms with Gasteiger partial charge in [-0.25, -0.2) is 14.2 Å². The molecular weight excluding hydrogens is 303 g/mol. The maximum atomic E-state index is 13.9. The maximum Gasteiger partial charge on any atom is 0.344 e. The molecule has 1 heterocycles. The molecule has 1 aromatic carbocycles. The van der Waals surface area contributed by atoms with Crippen molar-refractivity contribution in [3.05, 3.63) is 53.0 Å². The summed E-state index contributed by atoms with van der Waals surface area (Å²) in [6.45, 7) is 1.70. The molecular formula is C16H11FN2O4. The average molecular weight is 314 g/mol. The van der Waals surface area contributed by atoms with Gasteiger partial charge in [0.2, 0.25) is 5.88 Å². The van der Waals surface area contributed by atoms with Gasteiger partial charge in [-0.2, -0.15) is 5.26 Å². The molecule has 0 N–H and O–H groups in total. The minimum absolute atomic E-state index is 0.0162. The predicted octanol–water partition coefficient (Wildman–Crippen LogP) is 2.87. The van der Waals surface area contributed by atoms with Crippen LogP contribution in [0.15, 0.2) is 30.5 Å². The molecule has 0 aliphatic heterocycles. The number of hydrogen-bond acceptors (Lipinski definition) is 6. The van der Waals surface area contributed by atoms with Crippen LogP contribution in [0.5, 0.6) is 11.6 Å². The zero-order valence-electron chi connectivity index (χ0n) is 12.1. The molecule has 2 aromatic rings. The summed E-state index contributed by atoms with van der Waals surface area (Å²) >= 11 is 0. The summed E-state index contributed by atoms with van der Waals surface area (Å²) < 4.78 is 24.1. The number of carbonyl (C=O) groups is 2. The van der Waals surface area contributed by atoms with E-state index in [2.05, 4.69) is 4.98 Å². The molecule has 1 aromatic heterocycles. The highest BCUT2D eigenvalue weighted by atomic mass is 19.1. The molecule has 0 fully saturated rings. The van der Waals surface area contributed by atoms with Crippen LogP contribution in [0.25, 0.3) is 0 Å². The molecule has 116 valence electrons. The molecule has 0 unspecified atom stereocenters. The highest BCUT2D eigenvalue weighted by Gasteiger charge is 2.21. The van der Waals surface area contributed by atoms with Crippen molar-refractivity contribution in [3.63, 3.8) is 0 Å². The summed E-state index contributed by atoms with van der Waals surface area (Å²) in [6, 6.07) is 6.69. The molecule has 0 radical (unpaired) electrons. The Morgan fingerprint density at radius 2 is 2.22 bits per heavy atom. The Hall–Kier alpha value is -3.27. The van der Waals surface area contributed by atoms with Gasteiger partial charge in [0.15, 0.2) is 17.9 Å². The van der Waals surface area contributed by atoms with Crippen LogP contribution in [-0.2, 0) is 4.74 Å². The third-order valence-electron chi connectivity index (χ3n) is 2.82. The van der Waals surface area contributed by atoms with Crippen molar-refractivity contribution < 1.29 is 23.5 Å². The molecule has 0 aliphatic rings. The largest absolute Gasteiger partial charge is 0.462 e. The Balaban J connectivity index is 2.46. The molecule has 2 rings (SSSR count). The van der Waals surface area contributed by atoms with E-state index in [4.69, 9.17) is 14.7 Å². The monoisotopic (exact) mass is 314 g/mol. The van der Waals surface area contributed by atoms with Gasteiger partial charge in [-0.15, -0.1) is 0 Å². The SMILES string of the molecule is CCOC(=O)c1c(C=O)ccnc1Oc1ccc(C#N)cc1F. The number of hydrogen-bond donors (Lipinski definition) is 0. The molecule has 0 saturated heterocycles. The fourth-order valence-corrected chi connectivity index (χ4v) is 1.80. The molecule has 0 amide bonds. The van der Waals surface area contributed by atoms with E-state index < -0.39 is 11.8 Å². The van der Waals surface area contributed by atoms with E-state index in [0.29, 0.717) is 6.29 Å². The summed E-state index contributed by atoms with van der Waals surface area (Å²) in [4.78, 5) is 26.9. The number of nitrogens with zero attached hydrogens (tertiary/aromatic N) is 2.